The van der Waals surface area contributed by atoms with Gasteiger partial charge in [0.05, 0.1) is 18.0 Å². The topological polar surface area (TPSA) is 141 Å². The number of halogens is 1. The third-order valence-electron chi connectivity index (χ3n) is 6.42. The first-order valence-electron chi connectivity index (χ1n) is 11.3. The maximum Gasteiger partial charge on any atom is 0.407 e. The van der Waals surface area contributed by atoms with Crippen LogP contribution >= 0.6 is 0 Å². The van der Waals surface area contributed by atoms with E-state index >= 15 is 0 Å². The Labute approximate surface area is 204 Å². The zero-order chi connectivity index (χ0) is 26.1. The number of rotatable bonds is 6. The fourth-order valence-corrected chi connectivity index (χ4v) is 4.95. The first kappa shape index (κ1) is 26.0. The Balaban J connectivity index is 2.25. The van der Waals surface area contributed by atoms with Crippen molar-refractivity contribution in [3.8, 4) is 6.07 Å². The van der Waals surface area contributed by atoms with Gasteiger partial charge in [0.1, 0.15) is 11.4 Å². The van der Waals surface area contributed by atoms with Gasteiger partial charge in [0.25, 0.3) is 5.91 Å². The number of piperidine rings is 1. The lowest BCUT2D eigenvalue weighted by Gasteiger charge is -2.55. The quantitative estimate of drug-likeness (QED) is 0.569. The van der Waals surface area contributed by atoms with E-state index in [4.69, 9.17) is 5.73 Å². The molecule has 188 valence electrons. The van der Waals surface area contributed by atoms with Crippen LogP contribution in [0.25, 0.3) is 0 Å². The van der Waals surface area contributed by atoms with Crippen LogP contribution in [0.5, 0.6) is 0 Å². The van der Waals surface area contributed by atoms with Crippen molar-refractivity contribution in [1.82, 2.24) is 19.6 Å². The first-order chi connectivity index (χ1) is 16.3. The molecule has 0 bridgehead atoms. The van der Waals surface area contributed by atoms with Crippen LogP contribution in [-0.2, 0) is 5.66 Å². The standard InChI is InChI=1S/C24H32FN7O3/c1-23(2,3)12-19-24(30(4)5,15(13-26)10-11-31(19)22(34)35)32-14-18(20(27)33)21(29-32)28-17-8-6-16(25)7-9-17/h6-9,14-15,19H,10-12H2,1-5H3,(H2,27,33)(H,28,29)(H,34,35)/t15-,19?,24-/m0/s1. The van der Waals surface area contributed by atoms with Crippen LogP contribution in [0, 0.1) is 28.5 Å². The Morgan fingerprint density at radius 2 is 1.97 bits per heavy atom. The minimum absolute atomic E-state index is 0.0641. The molecule has 0 saturated carbocycles. The Morgan fingerprint density at radius 3 is 2.46 bits per heavy atom. The third-order valence-corrected chi connectivity index (χ3v) is 6.42. The molecule has 3 atom stereocenters. The summed E-state index contributed by atoms with van der Waals surface area (Å²) >= 11 is 0. The molecule has 1 fully saturated rings. The monoisotopic (exact) mass is 485 g/mol. The second-order valence-corrected chi connectivity index (χ2v) is 10.2. The highest BCUT2D eigenvalue weighted by Gasteiger charge is 2.57. The first-order valence-corrected chi connectivity index (χ1v) is 11.3. The van der Waals surface area contributed by atoms with Crippen molar-refractivity contribution in [2.75, 3.05) is 26.0 Å². The number of nitrogens with two attached hydrogens (primary N) is 1. The molecule has 35 heavy (non-hydrogen) atoms. The highest BCUT2D eigenvalue weighted by molar-refractivity contribution is 5.98. The molecule has 10 nitrogen and oxygen atoms in total. The molecule has 2 heterocycles. The van der Waals surface area contributed by atoms with Crippen LogP contribution in [0.4, 0.5) is 20.7 Å². The number of nitriles is 1. The molecule has 1 aliphatic heterocycles. The summed E-state index contributed by atoms with van der Waals surface area (Å²) in [7, 11) is 3.54. The number of aromatic nitrogens is 2. The van der Waals surface area contributed by atoms with Crippen molar-refractivity contribution >= 4 is 23.5 Å². The van der Waals surface area contributed by atoms with E-state index in [0.717, 1.165) is 0 Å². The number of carbonyl (C=O) groups excluding carboxylic acids is 1. The lowest BCUT2D eigenvalue weighted by Crippen LogP contribution is -2.69. The number of carboxylic acid groups (broad SMARTS) is 1. The average molecular weight is 486 g/mol. The Morgan fingerprint density at radius 1 is 1.34 bits per heavy atom. The Hall–Kier alpha value is -3.65. The van der Waals surface area contributed by atoms with Crippen molar-refractivity contribution in [3.05, 3.63) is 41.8 Å². The van der Waals surface area contributed by atoms with Crippen LogP contribution in [-0.4, -0.2) is 63.4 Å². The highest BCUT2D eigenvalue weighted by Crippen LogP contribution is 2.45. The molecule has 1 unspecified atom stereocenters. The average Bonchev–Trinajstić information content (AvgIpc) is 3.17. The number of amides is 2. The van der Waals surface area contributed by atoms with Crippen LogP contribution in [0.2, 0.25) is 0 Å². The molecule has 2 aromatic rings. The van der Waals surface area contributed by atoms with Crippen molar-refractivity contribution < 1.29 is 19.1 Å². The van der Waals surface area contributed by atoms with E-state index in [1.807, 2.05) is 20.8 Å². The molecule has 0 aliphatic carbocycles. The summed E-state index contributed by atoms with van der Waals surface area (Å²) in [4.78, 5) is 27.8. The maximum absolute atomic E-state index is 13.4. The largest absolute Gasteiger partial charge is 0.465 e. The van der Waals surface area contributed by atoms with Gasteiger partial charge in [-0.05, 0) is 56.6 Å². The number of anilines is 2. The van der Waals surface area contributed by atoms with Gasteiger partial charge >= 0.3 is 6.09 Å². The molecule has 11 heteroatoms. The molecule has 2 amide bonds. The number of nitrogens with zero attached hydrogens (tertiary/aromatic N) is 5. The molecule has 1 aliphatic rings. The number of likely N-dealkylation sites (N-methyl/N-ethyl adjacent to an activating group) is 1. The minimum atomic E-state index is -1.23. The molecule has 0 radical (unpaired) electrons. The van der Waals surface area contributed by atoms with Crippen LogP contribution in [0.1, 0.15) is 44.0 Å². The molecule has 4 N–H and O–H groups in total. The van der Waals surface area contributed by atoms with Gasteiger partial charge in [0.2, 0.25) is 0 Å². The molecule has 1 saturated heterocycles. The molecular formula is C24H32FN7O3. The highest BCUT2D eigenvalue weighted by atomic mass is 19.1. The normalized spacial score (nSPS) is 22.6. The van der Waals surface area contributed by atoms with Gasteiger partial charge in [-0.2, -0.15) is 10.4 Å². The lowest BCUT2D eigenvalue weighted by atomic mass is 9.73. The van der Waals surface area contributed by atoms with E-state index in [1.165, 1.54) is 40.0 Å². The third kappa shape index (κ3) is 4.93. The van der Waals surface area contributed by atoms with Gasteiger partial charge in [-0.1, -0.05) is 20.8 Å². The van der Waals surface area contributed by atoms with E-state index in [1.54, 1.807) is 19.0 Å². The van der Waals surface area contributed by atoms with Crippen LogP contribution in [0.15, 0.2) is 30.5 Å². The van der Waals surface area contributed by atoms with Gasteiger partial charge in [-0.25, -0.2) is 13.9 Å². The van der Waals surface area contributed by atoms with Crippen LogP contribution in [0.3, 0.4) is 0 Å². The molecule has 1 aromatic carbocycles. The number of hydrogen-bond donors (Lipinski definition) is 3. The number of hydrogen-bond acceptors (Lipinski definition) is 6. The van der Waals surface area contributed by atoms with E-state index in [0.29, 0.717) is 12.1 Å². The molecular weight excluding hydrogens is 453 g/mol. The molecule has 0 spiro atoms. The summed E-state index contributed by atoms with van der Waals surface area (Å²) < 4.78 is 14.9. The van der Waals surface area contributed by atoms with Crippen molar-refractivity contribution in [2.24, 2.45) is 17.1 Å². The number of benzene rings is 1. The summed E-state index contributed by atoms with van der Waals surface area (Å²) in [6.07, 6.45) is 1.09. The zero-order valence-electron chi connectivity index (χ0n) is 20.6. The summed E-state index contributed by atoms with van der Waals surface area (Å²) in [6, 6.07) is 7.22. The second-order valence-electron chi connectivity index (χ2n) is 10.2. The number of primary amides is 1. The number of nitrogens with one attached hydrogen (secondary N) is 1. The van der Waals surface area contributed by atoms with Gasteiger partial charge in [-0.15, -0.1) is 0 Å². The predicted octanol–water partition coefficient (Wildman–Crippen LogP) is 3.41. The van der Waals surface area contributed by atoms with E-state index < -0.39 is 35.4 Å². The van der Waals surface area contributed by atoms with Crippen LogP contribution < -0.4 is 11.1 Å². The molecule has 1 aromatic heterocycles. The number of carbonyl (C=O) groups is 2. The Bertz CT molecular complexity index is 1130. The fraction of sp³-hybridized carbons (Fsp3) is 0.500. The predicted molar refractivity (Wildman–Crippen MR) is 128 cm³/mol. The van der Waals surface area contributed by atoms with Crippen molar-refractivity contribution in [1.29, 1.82) is 5.26 Å². The summed E-state index contributed by atoms with van der Waals surface area (Å²) in [5, 5.41) is 27.9. The van der Waals surface area contributed by atoms with Gasteiger partial charge < -0.3 is 21.1 Å². The lowest BCUT2D eigenvalue weighted by molar-refractivity contribution is -0.106. The summed E-state index contributed by atoms with van der Waals surface area (Å²) in [6.45, 7) is 6.21. The SMILES string of the molecule is CN(C)[C@@]1(n2cc(C(N)=O)c(Nc3ccc(F)cc3)n2)C(CC(C)(C)C)N(C(=O)O)CC[C@H]1C#N. The fourth-order valence-electron chi connectivity index (χ4n) is 4.95. The minimum Gasteiger partial charge on any atom is -0.465 e. The smallest absolute Gasteiger partial charge is 0.407 e. The van der Waals surface area contributed by atoms with Crippen molar-refractivity contribution in [3.63, 3.8) is 0 Å². The molecule has 3 rings (SSSR count). The Kier molecular flexibility index (Phi) is 7.08. The van der Waals surface area contributed by atoms with E-state index in [9.17, 15) is 24.3 Å². The van der Waals surface area contributed by atoms with Crippen molar-refractivity contribution in [2.45, 2.75) is 45.3 Å². The van der Waals surface area contributed by atoms with E-state index in [-0.39, 0.29) is 29.8 Å². The van der Waals surface area contributed by atoms with Gasteiger partial charge in [0.15, 0.2) is 11.5 Å². The summed E-state index contributed by atoms with van der Waals surface area (Å²) in [5.41, 5.74) is 4.69. The maximum atomic E-state index is 13.4. The second kappa shape index (κ2) is 9.54. The number of likely N-dealkylation sites (tertiary alicyclic amines) is 1. The van der Waals surface area contributed by atoms with Gasteiger partial charge in [-0.3, -0.25) is 9.69 Å². The zero-order valence-corrected chi connectivity index (χ0v) is 20.6. The van der Waals surface area contributed by atoms with Gasteiger partial charge in [0, 0.05) is 18.4 Å². The van der Waals surface area contributed by atoms with E-state index in [2.05, 4.69) is 16.5 Å². The summed E-state index contributed by atoms with van der Waals surface area (Å²) in [5.74, 6) is -1.68.